The number of aliphatic hydroxyl groups is 3. The van der Waals surface area contributed by atoms with Crippen LogP contribution in [0.3, 0.4) is 0 Å². The molecule has 0 aliphatic carbocycles. The monoisotopic (exact) mass is 244 g/mol. The molecule has 2 rings (SSSR count). The molecule has 4 atom stereocenters. The van der Waals surface area contributed by atoms with E-state index < -0.39 is 36.8 Å². The molecule has 0 radical (unpaired) electrons. The van der Waals surface area contributed by atoms with E-state index >= 15 is 0 Å². The Labute approximate surface area is 95.1 Å². The van der Waals surface area contributed by atoms with Crippen LogP contribution < -0.4 is 11.4 Å². The molecule has 0 spiro atoms. The number of hydrogen-bond acceptors (Lipinski definition) is 8. The normalized spacial score (nSPS) is 32.9. The molecular formula is C8H12N4O5. The van der Waals surface area contributed by atoms with E-state index in [4.69, 9.17) is 15.6 Å². The van der Waals surface area contributed by atoms with Gasteiger partial charge in [-0.2, -0.15) is 4.98 Å². The predicted octanol–water partition coefficient (Wildman–Crippen LogP) is -3.17. The topological polar surface area (TPSA) is 144 Å². The third-order valence-electron chi connectivity index (χ3n) is 2.54. The first-order valence-electron chi connectivity index (χ1n) is 4.87. The van der Waals surface area contributed by atoms with Crippen molar-refractivity contribution in [3.8, 4) is 0 Å². The molecule has 1 aromatic heterocycles. The van der Waals surface area contributed by atoms with Crippen LogP contribution >= 0.6 is 0 Å². The van der Waals surface area contributed by atoms with Gasteiger partial charge in [0.25, 0.3) is 0 Å². The fourth-order valence-corrected chi connectivity index (χ4v) is 1.64. The number of nitrogen functional groups attached to an aromatic ring is 1. The number of ether oxygens (including phenoxy) is 1. The lowest BCUT2D eigenvalue weighted by atomic mass is 10.1. The molecule has 1 aliphatic heterocycles. The van der Waals surface area contributed by atoms with E-state index in [2.05, 4.69) is 9.97 Å². The van der Waals surface area contributed by atoms with Gasteiger partial charge in [0.05, 0.1) is 6.61 Å². The maximum Gasteiger partial charge on any atom is 0.354 e. The number of aromatic nitrogens is 3. The average molecular weight is 244 g/mol. The van der Waals surface area contributed by atoms with E-state index in [1.807, 2.05) is 0 Å². The van der Waals surface area contributed by atoms with E-state index in [-0.39, 0.29) is 5.95 Å². The standard InChI is InChI=1S/C8H12N4O5/c9-7-10-2-12(8(16)11-7)6-5(15)4(14)3(1-13)17-6/h2-6,13-15H,1H2,(H2,9,11,16)/t3-,4-,5+,6?/m1/s1. The lowest BCUT2D eigenvalue weighted by molar-refractivity contribution is -0.0554. The van der Waals surface area contributed by atoms with Gasteiger partial charge in [-0.1, -0.05) is 0 Å². The highest BCUT2D eigenvalue weighted by atomic mass is 16.6. The molecule has 9 nitrogen and oxygen atoms in total. The Hall–Kier alpha value is -1.55. The molecule has 94 valence electrons. The van der Waals surface area contributed by atoms with Crippen LogP contribution in [0.15, 0.2) is 11.1 Å². The van der Waals surface area contributed by atoms with Gasteiger partial charge < -0.3 is 25.8 Å². The van der Waals surface area contributed by atoms with Gasteiger partial charge in [-0.05, 0) is 0 Å². The third kappa shape index (κ3) is 2.00. The third-order valence-corrected chi connectivity index (χ3v) is 2.54. The molecule has 0 saturated carbocycles. The van der Waals surface area contributed by atoms with Crippen molar-refractivity contribution >= 4 is 5.95 Å². The van der Waals surface area contributed by atoms with Gasteiger partial charge in [-0.25, -0.2) is 9.78 Å². The Balaban J connectivity index is 2.32. The maximum absolute atomic E-state index is 11.5. The highest BCUT2D eigenvalue weighted by Gasteiger charge is 2.43. The molecule has 1 aromatic rings. The van der Waals surface area contributed by atoms with Gasteiger partial charge in [0.15, 0.2) is 6.23 Å². The zero-order chi connectivity index (χ0) is 12.6. The summed E-state index contributed by atoms with van der Waals surface area (Å²) in [5.74, 6) is -0.196. The molecule has 1 aliphatic rings. The Morgan fingerprint density at radius 2 is 2.18 bits per heavy atom. The van der Waals surface area contributed by atoms with Crippen LogP contribution in [0.5, 0.6) is 0 Å². The maximum atomic E-state index is 11.5. The second-order valence-corrected chi connectivity index (χ2v) is 3.63. The number of hydrogen-bond donors (Lipinski definition) is 4. The first-order valence-corrected chi connectivity index (χ1v) is 4.87. The first-order chi connectivity index (χ1) is 8.04. The van der Waals surface area contributed by atoms with Crippen molar-refractivity contribution in [1.29, 1.82) is 0 Å². The SMILES string of the molecule is Nc1ncn(C2O[C@H](CO)[C@@H](O)[C@@H]2O)c(=O)n1. The van der Waals surface area contributed by atoms with Gasteiger partial charge in [-0.3, -0.25) is 4.57 Å². The van der Waals surface area contributed by atoms with Gasteiger partial charge in [0.1, 0.15) is 24.6 Å². The van der Waals surface area contributed by atoms with E-state index in [0.29, 0.717) is 0 Å². The molecule has 2 heterocycles. The molecule has 0 bridgehead atoms. The molecular weight excluding hydrogens is 232 g/mol. The van der Waals surface area contributed by atoms with Crippen molar-refractivity contribution in [3.63, 3.8) is 0 Å². The summed E-state index contributed by atoms with van der Waals surface area (Å²) in [5, 5.41) is 28.1. The Kier molecular flexibility index (Phi) is 3.07. The summed E-state index contributed by atoms with van der Waals surface area (Å²) in [5.41, 5.74) is 4.46. The quantitative estimate of drug-likeness (QED) is 0.426. The zero-order valence-electron chi connectivity index (χ0n) is 8.67. The van der Waals surface area contributed by atoms with Crippen molar-refractivity contribution in [3.05, 3.63) is 16.8 Å². The van der Waals surface area contributed by atoms with E-state index in [1.165, 1.54) is 0 Å². The van der Waals surface area contributed by atoms with Gasteiger partial charge in [0, 0.05) is 0 Å². The van der Waals surface area contributed by atoms with Crippen LogP contribution in [0.2, 0.25) is 0 Å². The smallest absolute Gasteiger partial charge is 0.354 e. The van der Waals surface area contributed by atoms with Crippen LogP contribution in [0.4, 0.5) is 5.95 Å². The molecule has 1 unspecified atom stereocenters. The Morgan fingerprint density at radius 3 is 2.71 bits per heavy atom. The van der Waals surface area contributed by atoms with Gasteiger partial charge >= 0.3 is 5.69 Å². The number of anilines is 1. The lowest BCUT2D eigenvalue weighted by Crippen LogP contribution is -2.36. The second kappa shape index (κ2) is 4.37. The van der Waals surface area contributed by atoms with E-state index in [0.717, 1.165) is 10.9 Å². The lowest BCUT2D eigenvalue weighted by Gasteiger charge is -2.16. The summed E-state index contributed by atoms with van der Waals surface area (Å²) in [6.07, 6.45) is -3.67. The Morgan fingerprint density at radius 1 is 1.47 bits per heavy atom. The van der Waals surface area contributed by atoms with Crippen molar-refractivity contribution in [2.75, 3.05) is 12.3 Å². The van der Waals surface area contributed by atoms with Crippen LogP contribution in [0.1, 0.15) is 6.23 Å². The molecule has 17 heavy (non-hydrogen) atoms. The first kappa shape index (κ1) is 11.9. The van der Waals surface area contributed by atoms with Crippen LogP contribution in [0.25, 0.3) is 0 Å². The van der Waals surface area contributed by atoms with Gasteiger partial charge in [-0.15, -0.1) is 0 Å². The fraction of sp³-hybridized carbons (Fsp3) is 0.625. The van der Waals surface area contributed by atoms with Crippen LogP contribution in [-0.4, -0.2) is 54.8 Å². The summed E-state index contributed by atoms with van der Waals surface area (Å²) < 4.78 is 6.04. The minimum Gasteiger partial charge on any atom is -0.394 e. The second-order valence-electron chi connectivity index (χ2n) is 3.63. The minimum atomic E-state index is -1.35. The minimum absolute atomic E-state index is 0.196. The van der Waals surface area contributed by atoms with Gasteiger partial charge in [0.2, 0.25) is 5.95 Å². The molecule has 5 N–H and O–H groups in total. The molecule has 0 amide bonds. The summed E-state index contributed by atoms with van der Waals surface area (Å²) in [6, 6.07) is 0. The summed E-state index contributed by atoms with van der Waals surface area (Å²) in [6.45, 7) is -0.473. The van der Waals surface area contributed by atoms with Crippen LogP contribution in [-0.2, 0) is 4.74 Å². The number of nitrogens with zero attached hydrogens (tertiary/aromatic N) is 3. The Bertz CT molecular complexity index is 463. The summed E-state index contributed by atoms with van der Waals surface area (Å²) >= 11 is 0. The van der Waals surface area contributed by atoms with Crippen molar-refractivity contribution in [2.45, 2.75) is 24.5 Å². The fourth-order valence-electron chi connectivity index (χ4n) is 1.64. The summed E-state index contributed by atoms with van der Waals surface area (Å²) in [4.78, 5) is 18.4. The summed E-state index contributed by atoms with van der Waals surface area (Å²) in [7, 11) is 0. The molecule has 0 aromatic carbocycles. The predicted molar refractivity (Wildman–Crippen MR) is 53.7 cm³/mol. The average Bonchev–Trinajstić information content (AvgIpc) is 2.57. The van der Waals surface area contributed by atoms with Crippen molar-refractivity contribution in [1.82, 2.24) is 14.5 Å². The van der Waals surface area contributed by atoms with E-state index in [9.17, 15) is 15.0 Å². The number of nitrogens with two attached hydrogens (primary N) is 1. The molecule has 9 heteroatoms. The highest BCUT2D eigenvalue weighted by molar-refractivity contribution is 5.10. The molecule has 1 fully saturated rings. The largest absolute Gasteiger partial charge is 0.394 e. The van der Waals surface area contributed by atoms with Crippen molar-refractivity contribution in [2.24, 2.45) is 0 Å². The van der Waals surface area contributed by atoms with Crippen molar-refractivity contribution < 1.29 is 20.1 Å². The highest BCUT2D eigenvalue weighted by Crippen LogP contribution is 2.27. The van der Waals surface area contributed by atoms with Crippen LogP contribution in [0, 0.1) is 0 Å². The molecule has 1 saturated heterocycles. The zero-order valence-corrected chi connectivity index (χ0v) is 8.67. The number of rotatable bonds is 2. The van der Waals surface area contributed by atoms with E-state index in [1.54, 1.807) is 0 Å². The number of aliphatic hydroxyl groups excluding tert-OH is 3.